The molecule has 1 N–H and O–H groups in total. The zero-order chi connectivity index (χ0) is 11.2. The molecule has 0 unspecified atom stereocenters. The van der Waals surface area contributed by atoms with Gasteiger partial charge in [-0.25, -0.2) is 0 Å². The summed E-state index contributed by atoms with van der Waals surface area (Å²) in [5.74, 6) is 0. The Hall–Kier alpha value is -1.75. The van der Waals surface area contributed by atoms with Crippen LogP contribution in [0.3, 0.4) is 0 Å². The van der Waals surface area contributed by atoms with Crippen LogP contribution in [-0.2, 0) is 0 Å². The van der Waals surface area contributed by atoms with Gasteiger partial charge in [0.15, 0.2) is 0 Å². The molecule has 0 aliphatic carbocycles. The summed E-state index contributed by atoms with van der Waals surface area (Å²) in [6.45, 7) is 8.43. The number of aromatic amines is 1. The van der Waals surface area contributed by atoms with Crippen molar-refractivity contribution in [2.24, 2.45) is 0 Å². The molecule has 2 nitrogen and oxygen atoms in total. The predicted octanol–water partition coefficient (Wildman–Crippen LogP) is 3.27. The largest absolute Gasteiger partial charge is 0.360 e. The minimum Gasteiger partial charge on any atom is -0.360 e. The summed E-state index contributed by atoms with van der Waals surface area (Å²) in [7, 11) is 0. The van der Waals surface area contributed by atoms with Crippen molar-refractivity contribution in [2.75, 3.05) is 0 Å². The molecular formula is C13H14N2. The van der Waals surface area contributed by atoms with E-state index in [0.29, 0.717) is 0 Å². The first-order valence-electron chi connectivity index (χ1n) is 5.05. The second-order valence-electron chi connectivity index (χ2n) is 4.06. The van der Waals surface area contributed by atoms with Crippen molar-refractivity contribution >= 4 is 10.9 Å². The number of hydrogen-bond acceptors (Lipinski definition) is 1. The molecule has 0 aliphatic heterocycles. The van der Waals surface area contributed by atoms with Crippen molar-refractivity contribution in [3.05, 3.63) is 34.0 Å². The lowest BCUT2D eigenvalue weighted by Crippen LogP contribution is -1.93. The number of aromatic nitrogens is 1. The third-order valence-corrected chi connectivity index (χ3v) is 3.44. The van der Waals surface area contributed by atoms with Gasteiger partial charge in [0, 0.05) is 11.6 Å². The molecule has 2 heteroatoms. The lowest BCUT2D eigenvalue weighted by molar-refractivity contribution is 1.24. The van der Waals surface area contributed by atoms with Gasteiger partial charge in [-0.3, -0.25) is 0 Å². The van der Waals surface area contributed by atoms with E-state index >= 15 is 0 Å². The number of fused-ring (bicyclic) bond motifs is 1. The fourth-order valence-electron chi connectivity index (χ4n) is 2.13. The van der Waals surface area contributed by atoms with E-state index in [9.17, 15) is 0 Å². The molecule has 1 aromatic carbocycles. The number of rotatable bonds is 0. The first-order chi connectivity index (χ1) is 7.07. The number of nitrogens with one attached hydrogen (secondary N) is 1. The van der Waals surface area contributed by atoms with E-state index in [1.807, 2.05) is 0 Å². The maximum Gasteiger partial charge on any atom is 0.101 e. The SMILES string of the molecule is Cc1c(C)c(C)c2c(C#N)c[nH]c2c1C. The molecule has 1 aromatic heterocycles. The fourth-order valence-corrected chi connectivity index (χ4v) is 2.13. The van der Waals surface area contributed by atoms with Crippen LogP contribution in [-0.4, -0.2) is 4.98 Å². The van der Waals surface area contributed by atoms with Crippen molar-refractivity contribution in [1.82, 2.24) is 4.98 Å². The number of nitriles is 1. The molecule has 0 radical (unpaired) electrons. The van der Waals surface area contributed by atoms with E-state index in [4.69, 9.17) is 5.26 Å². The Morgan fingerprint density at radius 2 is 1.60 bits per heavy atom. The number of hydrogen-bond donors (Lipinski definition) is 1. The highest BCUT2D eigenvalue weighted by Gasteiger charge is 2.13. The molecule has 0 bridgehead atoms. The molecule has 0 aliphatic rings. The fraction of sp³-hybridized carbons (Fsp3) is 0.308. The quantitative estimate of drug-likeness (QED) is 0.693. The molecule has 0 saturated carbocycles. The number of benzene rings is 1. The normalized spacial score (nSPS) is 10.6. The minimum atomic E-state index is 0.744. The van der Waals surface area contributed by atoms with Crippen LogP contribution in [0.2, 0.25) is 0 Å². The maximum atomic E-state index is 9.03. The third-order valence-electron chi connectivity index (χ3n) is 3.44. The standard InChI is InChI=1S/C13H14N2/c1-7-8(2)10(4)13-12(9(7)3)11(5-14)6-15-13/h6,15H,1-4H3. The summed E-state index contributed by atoms with van der Waals surface area (Å²) >= 11 is 0. The van der Waals surface area contributed by atoms with Gasteiger partial charge in [0.1, 0.15) is 6.07 Å². The highest BCUT2D eigenvalue weighted by Crippen LogP contribution is 2.30. The summed E-state index contributed by atoms with van der Waals surface area (Å²) in [5.41, 5.74) is 6.91. The van der Waals surface area contributed by atoms with Crippen molar-refractivity contribution in [3.63, 3.8) is 0 Å². The van der Waals surface area contributed by atoms with E-state index in [1.54, 1.807) is 6.20 Å². The highest BCUT2D eigenvalue weighted by molar-refractivity contribution is 5.92. The number of nitrogens with zero attached hydrogens (tertiary/aromatic N) is 1. The summed E-state index contributed by atoms with van der Waals surface area (Å²) in [6, 6.07) is 2.23. The molecule has 15 heavy (non-hydrogen) atoms. The first kappa shape index (κ1) is 9.79. The van der Waals surface area contributed by atoms with E-state index in [1.165, 1.54) is 22.3 Å². The van der Waals surface area contributed by atoms with Crippen LogP contribution in [0, 0.1) is 39.0 Å². The van der Waals surface area contributed by atoms with Gasteiger partial charge < -0.3 is 4.98 Å². The van der Waals surface area contributed by atoms with Crippen molar-refractivity contribution in [1.29, 1.82) is 5.26 Å². The molecule has 0 spiro atoms. The molecule has 0 amide bonds. The molecule has 2 rings (SSSR count). The topological polar surface area (TPSA) is 39.6 Å². The van der Waals surface area contributed by atoms with Gasteiger partial charge in [-0.2, -0.15) is 5.26 Å². The molecule has 0 saturated heterocycles. The van der Waals surface area contributed by atoms with Gasteiger partial charge in [0.2, 0.25) is 0 Å². The third kappa shape index (κ3) is 1.16. The van der Waals surface area contributed by atoms with Crippen molar-refractivity contribution in [3.8, 4) is 6.07 Å². The molecule has 1 heterocycles. The molecule has 2 aromatic rings. The Morgan fingerprint density at radius 3 is 2.20 bits per heavy atom. The van der Waals surface area contributed by atoms with Crippen molar-refractivity contribution in [2.45, 2.75) is 27.7 Å². The zero-order valence-corrected chi connectivity index (χ0v) is 9.52. The van der Waals surface area contributed by atoms with Gasteiger partial charge in [-0.1, -0.05) is 0 Å². The van der Waals surface area contributed by atoms with Gasteiger partial charge in [0.05, 0.1) is 11.1 Å². The van der Waals surface area contributed by atoms with Crippen LogP contribution in [0.1, 0.15) is 27.8 Å². The first-order valence-corrected chi connectivity index (χ1v) is 5.05. The van der Waals surface area contributed by atoms with Crippen LogP contribution in [0.4, 0.5) is 0 Å². The molecule has 0 atom stereocenters. The Balaban J connectivity index is 3.05. The van der Waals surface area contributed by atoms with Crippen molar-refractivity contribution < 1.29 is 0 Å². The van der Waals surface area contributed by atoms with Gasteiger partial charge in [-0.05, 0) is 49.9 Å². The molecule has 0 fully saturated rings. The van der Waals surface area contributed by atoms with Gasteiger partial charge in [-0.15, -0.1) is 0 Å². The predicted molar refractivity (Wildman–Crippen MR) is 62.0 cm³/mol. The molecular weight excluding hydrogens is 184 g/mol. The van der Waals surface area contributed by atoms with E-state index in [2.05, 4.69) is 38.7 Å². The van der Waals surface area contributed by atoms with E-state index in [0.717, 1.165) is 16.5 Å². The van der Waals surface area contributed by atoms with Crippen LogP contribution >= 0.6 is 0 Å². The van der Waals surface area contributed by atoms with Crippen LogP contribution in [0.25, 0.3) is 10.9 Å². The van der Waals surface area contributed by atoms with Crippen LogP contribution < -0.4 is 0 Å². The maximum absolute atomic E-state index is 9.03. The second kappa shape index (κ2) is 3.13. The Morgan fingerprint density at radius 1 is 1.00 bits per heavy atom. The Bertz CT molecular complexity index is 583. The highest BCUT2D eigenvalue weighted by atomic mass is 14.7. The van der Waals surface area contributed by atoms with Gasteiger partial charge >= 0.3 is 0 Å². The zero-order valence-electron chi connectivity index (χ0n) is 9.52. The average molecular weight is 198 g/mol. The minimum absolute atomic E-state index is 0.744. The Kier molecular flexibility index (Phi) is 2.04. The molecule has 76 valence electrons. The van der Waals surface area contributed by atoms with Crippen LogP contribution in [0.15, 0.2) is 6.20 Å². The Labute approximate surface area is 89.5 Å². The number of H-pyrrole nitrogens is 1. The summed E-state index contributed by atoms with van der Waals surface area (Å²) in [6.07, 6.45) is 1.80. The monoisotopic (exact) mass is 198 g/mol. The summed E-state index contributed by atoms with van der Waals surface area (Å²) in [4.78, 5) is 3.19. The summed E-state index contributed by atoms with van der Waals surface area (Å²) < 4.78 is 0. The van der Waals surface area contributed by atoms with E-state index in [-0.39, 0.29) is 0 Å². The van der Waals surface area contributed by atoms with E-state index < -0.39 is 0 Å². The summed E-state index contributed by atoms with van der Waals surface area (Å²) in [5, 5.41) is 10.1. The smallest absolute Gasteiger partial charge is 0.101 e. The average Bonchev–Trinajstić information content (AvgIpc) is 2.67. The number of aryl methyl sites for hydroxylation is 2. The van der Waals surface area contributed by atoms with Crippen LogP contribution in [0.5, 0.6) is 0 Å². The lowest BCUT2D eigenvalue weighted by atomic mass is 9.94. The van der Waals surface area contributed by atoms with Gasteiger partial charge in [0.25, 0.3) is 0 Å². The lowest BCUT2D eigenvalue weighted by Gasteiger charge is -2.10. The second-order valence-corrected chi connectivity index (χ2v) is 4.06.